The Kier molecular flexibility index (Phi) is 3.08. The van der Waals surface area contributed by atoms with Gasteiger partial charge in [0.2, 0.25) is 0 Å². The smallest absolute Gasteiger partial charge is 0.196 e. The third kappa shape index (κ3) is 2.01. The van der Waals surface area contributed by atoms with E-state index in [4.69, 9.17) is 0 Å². The van der Waals surface area contributed by atoms with E-state index in [0.717, 1.165) is 37.0 Å². The summed E-state index contributed by atoms with van der Waals surface area (Å²) in [6.07, 6.45) is 2.90. The number of benzene rings is 2. The molecule has 0 spiro atoms. The van der Waals surface area contributed by atoms with Crippen molar-refractivity contribution in [1.29, 1.82) is 0 Å². The summed E-state index contributed by atoms with van der Waals surface area (Å²) in [5, 5.41) is 0. The average molecular weight is 276 g/mol. The highest BCUT2D eigenvalue weighted by atomic mass is 19.2. The molecule has 1 aliphatic carbocycles. The van der Waals surface area contributed by atoms with Gasteiger partial charge in [0.15, 0.2) is 23.2 Å². The molecular weight excluding hydrogens is 265 g/mol. The fourth-order valence-corrected chi connectivity index (χ4v) is 2.57. The Balaban J connectivity index is 2.03. The highest BCUT2D eigenvalue weighted by molar-refractivity contribution is 6.09. The van der Waals surface area contributed by atoms with E-state index < -0.39 is 28.8 Å². The Labute approximate surface area is 114 Å². The van der Waals surface area contributed by atoms with Gasteiger partial charge >= 0.3 is 0 Å². The van der Waals surface area contributed by atoms with Crippen LogP contribution in [0.15, 0.2) is 30.3 Å². The summed E-state index contributed by atoms with van der Waals surface area (Å²) >= 11 is 0. The number of hydrogen-bond donors (Lipinski definition) is 0. The van der Waals surface area contributed by atoms with Crippen LogP contribution in [0.1, 0.15) is 33.5 Å². The summed E-state index contributed by atoms with van der Waals surface area (Å²) in [6.45, 7) is 0. The molecule has 0 saturated heterocycles. The Hall–Kier alpha value is -2.10. The molecule has 102 valence electrons. The van der Waals surface area contributed by atoms with Gasteiger partial charge in [0, 0.05) is 5.56 Å². The second-order valence-corrected chi connectivity index (χ2v) is 4.89. The van der Waals surface area contributed by atoms with Gasteiger partial charge in [0.1, 0.15) is 0 Å². The molecule has 1 nitrogen and oxygen atoms in total. The molecule has 0 amide bonds. The van der Waals surface area contributed by atoms with Crippen molar-refractivity contribution in [2.75, 3.05) is 0 Å². The van der Waals surface area contributed by atoms with Gasteiger partial charge in [-0.3, -0.25) is 4.79 Å². The largest absolute Gasteiger partial charge is 0.288 e. The third-order valence-corrected chi connectivity index (χ3v) is 3.64. The number of carbonyl (C=O) groups is 1. The number of hydrogen-bond acceptors (Lipinski definition) is 1. The molecule has 1 aliphatic rings. The normalized spacial score (nSPS) is 13.3. The van der Waals surface area contributed by atoms with Gasteiger partial charge < -0.3 is 0 Å². The van der Waals surface area contributed by atoms with Crippen LogP contribution in [0.2, 0.25) is 0 Å². The van der Waals surface area contributed by atoms with Crippen molar-refractivity contribution in [3.8, 4) is 0 Å². The first-order valence-corrected chi connectivity index (χ1v) is 6.38. The van der Waals surface area contributed by atoms with E-state index in [0.29, 0.717) is 5.56 Å². The van der Waals surface area contributed by atoms with Crippen LogP contribution in [0.3, 0.4) is 0 Å². The first-order chi connectivity index (χ1) is 9.58. The van der Waals surface area contributed by atoms with E-state index in [-0.39, 0.29) is 0 Å². The standard InChI is InChI=1S/C16H11F3O/c17-13-7-6-12(14(18)15(13)19)16(20)11-5-4-9-2-1-3-10(9)8-11/h4-8H,1-3H2. The molecule has 0 unspecified atom stereocenters. The van der Waals surface area contributed by atoms with Gasteiger partial charge in [-0.25, -0.2) is 13.2 Å². The molecule has 2 aromatic carbocycles. The number of carbonyl (C=O) groups excluding carboxylic acids is 1. The van der Waals surface area contributed by atoms with Crippen molar-refractivity contribution in [2.45, 2.75) is 19.3 Å². The summed E-state index contributed by atoms with van der Waals surface area (Å²) in [6, 6.07) is 6.90. The predicted molar refractivity (Wildman–Crippen MR) is 68.2 cm³/mol. The van der Waals surface area contributed by atoms with Gasteiger partial charge in [-0.2, -0.15) is 0 Å². The highest BCUT2D eigenvalue weighted by Crippen LogP contribution is 2.25. The lowest BCUT2D eigenvalue weighted by atomic mass is 9.99. The monoisotopic (exact) mass is 276 g/mol. The van der Waals surface area contributed by atoms with E-state index in [9.17, 15) is 18.0 Å². The quantitative estimate of drug-likeness (QED) is 0.602. The molecule has 0 N–H and O–H groups in total. The number of fused-ring (bicyclic) bond motifs is 1. The molecule has 0 fully saturated rings. The third-order valence-electron chi connectivity index (χ3n) is 3.64. The first-order valence-electron chi connectivity index (χ1n) is 6.38. The first kappa shape index (κ1) is 12.9. The molecule has 0 radical (unpaired) electrons. The van der Waals surface area contributed by atoms with Crippen molar-refractivity contribution >= 4 is 5.78 Å². The second kappa shape index (κ2) is 4.78. The summed E-state index contributed by atoms with van der Waals surface area (Å²) in [7, 11) is 0. The van der Waals surface area contributed by atoms with E-state index in [1.807, 2.05) is 6.07 Å². The van der Waals surface area contributed by atoms with Gasteiger partial charge in [0.25, 0.3) is 0 Å². The Morgan fingerprint density at radius 3 is 2.45 bits per heavy atom. The summed E-state index contributed by atoms with van der Waals surface area (Å²) in [5.74, 6) is -4.98. The van der Waals surface area contributed by atoms with Crippen LogP contribution in [0.25, 0.3) is 0 Å². The zero-order valence-electron chi connectivity index (χ0n) is 10.6. The molecule has 0 aliphatic heterocycles. The predicted octanol–water partition coefficient (Wildman–Crippen LogP) is 3.82. The topological polar surface area (TPSA) is 17.1 Å². The molecule has 4 heteroatoms. The average Bonchev–Trinajstić information content (AvgIpc) is 2.91. The second-order valence-electron chi connectivity index (χ2n) is 4.89. The molecule has 2 aromatic rings. The van der Waals surface area contributed by atoms with Crippen molar-refractivity contribution in [1.82, 2.24) is 0 Å². The maximum atomic E-state index is 13.6. The van der Waals surface area contributed by atoms with Gasteiger partial charge in [-0.15, -0.1) is 0 Å². The molecule has 0 saturated carbocycles. The molecule has 0 aromatic heterocycles. The summed E-state index contributed by atoms with van der Waals surface area (Å²) < 4.78 is 39.7. The Morgan fingerprint density at radius 2 is 1.65 bits per heavy atom. The van der Waals surface area contributed by atoms with Gasteiger partial charge in [-0.05, 0) is 48.6 Å². The number of rotatable bonds is 2. The van der Waals surface area contributed by atoms with Crippen LogP contribution in [0.5, 0.6) is 0 Å². The van der Waals surface area contributed by atoms with Crippen LogP contribution >= 0.6 is 0 Å². The maximum Gasteiger partial charge on any atom is 0.196 e. The van der Waals surface area contributed by atoms with E-state index >= 15 is 0 Å². The summed E-state index contributed by atoms with van der Waals surface area (Å²) in [4.78, 5) is 12.2. The van der Waals surface area contributed by atoms with Crippen molar-refractivity contribution in [3.63, 3.8) is 0 Å². The minimum absolute atomic E-state index is 0.301. The van der Waals surface area contributed by atoms with Crippen LogP contribution in [-0.2, 0) is 12.8 Å². The fraction of sp³-hybridized carbons (Fsp3) is 0.188. The molecular formula is C16H11F3O. The Morgan fingerprint density at radius 1 is 0.900 bits per heavy atom. The fourth-order valence-electron chi connectivity index (χ4n) is 2.57. The molecule has 0 atom stereocenters. The number of ketones is 1. The highest BCUT2D eigenvalue weighted by Gasteiger charge is 2.21. The lowest BCUT2D eigenvalue weighted by Gasteiger charge is -2.06. The number of aryl methyl sites for hydroxylation is 2. The SMILES string of the molecule is O=C(c1ccc2c(c1)CCC2)c1ccc(F)c(F)c1F. The maximum absolute atomic E-state index is 13.6. The minimum Gasteiger partial charge on any atom is -0.288 e. The van der Waals surface area contributed by atoms with Crippen LogP contribution in [0, 0.1) is 17.5 Å². The molecule has 20 heavy (non-hydrogen) atoms. The minimum atomic E-state index is -1.61. The molecule has 3 rings (SSSR count). The van der Waals surface area contributed by atoms with E-state index in [2.05, 4.69) is 0 Å². The Bertz CT molecular complexity index is 707. The van der Waals surface area contributed by atoms with Crippen LogP contribution in [0.4, 0.5) is 13.2 Å². The lowest BCUT2D eigenvalue weighted by molar-refractivity contribution is 0.103. The van der Waals surface area contributed by atoms with Crippen LogP contribution in [-0.4, -0.2) is 5.78 Å². The van der Waals surface area contributed by atoms with Crippen LogP contribution < -0.4 is 0 Å². The lowest BCUT2D eigenvalue weighted by Crippen LogP contribution is -2.07. The molecule has 0 heterocycles. The number of halogens is 3. The molecule has 0 bridgehead atoms. The zero-order chi connectivity index (χ0) is 14.3. The summed E-state index contributed by atoms with van der Waals surface area (Å²) in [5.41, 5.74) is 2.11. The zero-order valence-corrected chi connectivity index (χ0v) is 10.6. The van der Waals surface area contributed by atoms with E-state index in [1.54, 1.807) is 12.1 Å². The van der Waals surface area contributed by atoms with Gasteiger partial charge in [0.05, 0.1) is 5.56 Å². The van der Waals surface area contributed by atoms with Gasteiger partial charge in [-0.1, -0.05) is 12.1 Å². The van der Waals surface area contributed by atoms with Crippen molar-refractivity contribution in [2.24, 2.45) is 0 Å². The van der Waals surface area contributed by atoms with Crippen molar-refractivity contribution in [3.05, 3.63) is 70.0 Å². The van der Waals surface area contributed by atoms with Crippen molar-refractivity contribution < 1.29 is 18.0 Å². The van der Waals surface area contributed by atoms with E-state index in [1.165, 1.54) is 5.56 Å².